The molecular formula is C14H13F2NO. The van der Waals surface area contributed by atoms with Gasteiger partial charge in [-0.15, -0.1) is 0 Å². The fraction of sp³-hybridized carbons (Fsp3) is 0.143. The Morgan fingerprint density at radius 1 is 1.00 bits per heavy atom. The van der Waals surface area contributed by atoms with Crippen LogP contribution in [0.4, 0.5) is 8.78 Å². The van der Waals surface area contributed by atoms with Gasteiger partial charge in [-0.25, -0.2) is 8.78 Å². The first kappa shape index (κ1) is 12.5. The van der Waals surface area contributed by atoms with Gasteiger partial charge < -0.3 is 10.5 Å². The number of nitrogens with two attached hydrogens (primary N) is 1. The van der Waals surface area contributed by atoms with Gasteiger partial charge in [-0.05, 0) is 42.0 Å². The van der Waals surface area contributed by atoms with E-state index in [1.807, 2.05) is 0 Å². The predicted octanol–water partition coefficient (Wildman–Crippen LogP) is 3.04. The summed E-state index contributed by atoms with van der Waals surface area (Å²) in [4.78, 5) is 0. The maximum atomic E-state index is 13.1. The van der Waals surface area contributed by atoms with Crippen molar-refractivity contribution >= 4 is 0 Å². The monoisotopic (exact) mass is 249 g/mol. The Morgan fingerprint density at radius 3 is 2.33 bits per heavy atom. The molecule has 94 valence electrons. The molecule has 2 nitrogen and oxygen atoms in total. The number of rotatable bonds is 4. The first-order chi connectivity index (χ1) is 8.69. The summed E-state index contributed by atoms with van der Waals surface area (Å²) in [6.07, 6.45) is -0.453. The Morgan fingerprint density at radius 2 is 1.72 bits per heavy atom. The quantitative estimate of drug-likeness (QED) is 0.903. The second-order valence-corrected chi connectivity index (χ2v) is 3.85. The Labute approximate surface area is 104 Å². The highest BCUT2D eigenvalue weighted by Gasteiger charge is 2.12. The minimum absolute atomic E-state index is 0.209. The maximum absolute atomic E-state index is 13.1. The van der Waals surface area contributed by atoms with Crippen molar-refractivity contribution in [1.29, 1.82) is 0 Å². The molecule has 0 saturated heterocycles. The molecule has 0 spiro atoms. The van der Waals surface area contributed by atoms with Crippen LogP contribution in [0.25, 0.3) is 0 Å². The number of halogens is 2. The molecule has 2 N–H and O–H groups in total. The van der Waals surface area contributed by atoms with E-state index in [-0.39, 0.29) is 18.2 Å². The third-order valence-electron chi connectivity index (χ3n) is 2.53. The van der Waals surface area contributed by atoms with Crippen LogP contribution < -0.4 is 10.5 Å². The summed E-state index contributed by atoms with van der Waals surface area (Å²) in [7, 11) is 0. The van der Waals surface area contributed by atoms with Crippen LogP contribution in [0.1, 0.15) is 11.7 Å². The zero-order chi connectivity index (χ0) is 13.0. The molecule has 1 atom stereocenters. The molecule has 4 heteroatoms. The normalized spacial score (nSPS) is 12.2. The summed E-state index contributed by atoms with van der Waals surface area (Å²) >= 11 is 0. The molecule has 0 aliphatic carbocycles. The zero-order valence-corrected chi connectivity index (χ0v) is 9.64. The summed E-state index contributed by atoms with van der Waals surface area (Å²) in [6.45, 7) is 0.209. The van der Waals surface area contributed by atoms with Gasteiger partial charge in [0.05, 0.1) is 0 Å². The first-order valence-electron chi connectivity index (χ1n) is 5.57. The van der Waals surface area contributed by atoms with Crippen molar-refractivity contribution in [2.45, 2.75) is 6.10 Å². The minimum atomic E-state index is -0.453. The van der Waals surface area contributed by atoms with E-state index >= 15 is 0 Å². The SMILES string of the molecule is NCC(Oc1ccc(F)cc1)c1cccc(F)c1. The molecule has 0 radical (unpaired) electrons. The molecule has 2 aromatic carbocycles. The number of hydrogen-bond acceptors (Lipinski definition) is 2. The zero-order valence-electron chi connectivity index (χ0n) is 9.64. The van der Waals surface area contributed by atoms with Crippen LogP contribution in [0, 0.1) is 11.6 Å². The largest absolute Gasteiger partial charge is 0.484 e. The van der Waals surface area contributed by atoms with Crippen LogP contribution in [-0.4, -0.2) is 6.54 Å². The van der Waals surface area contributed by atoms with Crippen LogP contribution in [-0.2, 0) is 0 Å². The Hall–Kier alpha value is -1.94. The Bertz CT molecular complexity index is 513. The molecule has 2 rings (SSSR count). The molecule has 0 bridgehead atoms. The predicted molar refractivity (Wildman–Crippen MR) is 65.2 cm³/mol. The summed E-state index contributed by atoms with van der Waals surface area (Å²) in [5.41, 5.74) is 6.27. The molecule has 0 aromatic heterocycles. The molecule has 1 unspecified atom stereocenters. The van der Waals surface area contributed by atoms with E-state index in [1.165, 1.54) is 36.4 Å². The lowest BCUT2D eigenvalue weighted by Crippen LogP contribution is -2.18. The van der Waals surface area contributed by atoms with E-state index in [0.717, 1.165) is 0 Å². The maximum Gasteiger partial charge on any atom is 0.136 e. The lowest BCUT2D eigenvalue weighted by Gasteiger charge is -2.17. The topological polar surface area (TPSA) is 35.2 Å². The summed E-state index contributed by atoms with van der Waals surface area (Å²) in [5, 5.41) is 0. The molecule has 0 aliphatic heterocycles. The highest BCUT2D eigenvalue weighted by molar-refractivity contribution is 5.25. The molecule has 0 saturated carbocycles. The average molecular weight is 249 g/mol. The first-order valence-corrected chi connectivity index (χ1v) is 5.57. The summed E-state index contributed by atoms with van der Waals surface area (Å²) < 4.78 is 31.5. The van der Waals surface area contributed by atoms with Crippen molar-refractivity contribution < 1.29 is 13.5 Å². The standard InChI is InChI=1S/C14H13F2NO/c15-11-4-6-13(7-5-11)18-14(9-17)10-2-1-3-12(16)8-10/h1-8,14H,9,17H2. The van der Waals surface area contributed by atoms with Gasteiger partial charge in [0.25, 0.3) is 0 Å². The van der Waals surface area contributed by atoms with Gasteiger partial charge in [0, 0.05) is 6.54 Å². The van der Waals surface area contributed by atoms with Crippen molar-refractivity contribution in [2.24, 2.45) is 5.73 Å². The van der Waals surface area contributed by atoms with E-state index < -0.39 is 6.10 Å². The second-order valence-electron chi connectivity index (χ2n) is 3.85. The van der Waals surface area contributed by atoms with Crippen LogP contribution in [0.5, 0.6) is 5.75 Å². The van der Waals surface area contributed by atoms with Gasteiger partial charge >= 0.3 is 0 Å². The van der Waals surface area contributed by atoms with Crippen molar-refractivity contribution in [3.05, 3.63) is 65.7 Å². The highest BCUT2D eigenvalue weighted by Crippen LogP contribution is 2.22. The fourth-order valence-corrected chi connectivity index (χ4v) is 1.64. The minimum Gasteiger partial charge on any atom is -0.484 e. The van der Waals surface area contributed by atoms with Gasteiger partial charge in [-0.3, -0.25) is 0 Å². The number of ether oxygens (including phenoxy) is 1. The van der Waals surface area contributed by atoms with Gasteiger partial charge in [0.15, 0.2) is 0 Å². The third-order valence-corrected chi connectivity index (χ3v) is 2.53. The van der Waals surface area contributed by atoms with E-state index in [1.54, 1.807) is 12.1 Å². The van der Waals surface area contributed by atoms with Crippen LogP contribution >= 0.6 is 0 Å². The number of benzene rings is 2. The van der Waals surface area contributed by atoms with Crippen LogP contribution in [0.15, 0.2) is 48.5 Å². The van der Waals surface area contributed by atoms with Crippen LogP contribution in [0.2, 0.25) is 0 Å². The molecular weight excluding hydrogens is 236 g/mol. The molecule has 0 amide bonds. The lowest BCUT2D eigenvalue weighted by atomic mass is 10.1. The fourth-order valence-electron chi connectivity index (χ4n) is 1.64. The smallest absolute Gasteiger partial charge is 0.136 e. The van der Waals surface area contributed by atoms with Gasteiger partial charge in [0.1, 0.15) is 23.5 Å². The average Bonchev–Trinajstić information content (AvgIpc) is 2.38. The highest BCUT2D eigenvalue weighted by atomic mass is 19.1. The molecule has 0 fully saturated rings. The van der Waals surface area contributed by atoms with Crippen molar-refractivity contribution in [1.82, 2.24) is 0 Å². The molecule has 0 aliphatic rings. The van der Waals surface area contributed by atoms with E-state index in [0.29, 0.717) is 11.3 Å². The summed E-state index contributed by atoms with van der Waals surface area (Å²) in [6, 6.07) is 11.7. The van der Waals surface area contributed by atoms with Crippen molar-refractivity contribution in [2.75, 3.05) is 6.54 Å². The third kappa shape index (κ3) is 3.05. The summed E-state index contributed by atoms with van der Waals surface area (Å²) in [5.74, 6) is -0.179. The van der Waals surface area contributed by atoms with E-state index in [2.05, 4.69) is 0 Å². The molecule has 2 aromatic rings. The van der Waals surface area contributed by atoms with Crippen molar-refractivity contribution in [3.63, 3.8) is 0 Å². The van der Waals surface area contributed by atoms with Gasteiger partial charge in [-0.1, -0.05) is 12.1 Å². The lowest BCUT2D eigenvalue weighted by molar-refractivity contribution is 0.213. The second kappa shape index (κ2) is 5.60. The van der Waals surface area contributed by atoms with Crippen LogP contribution in [0.3, 0.4) is 0 Å². The number of hydrogen-bond donors (Lipinski definition) is 1. The van der Waals surface area contributed by atoms with Crippen molar-refractivity contribution in [3.8, 4) is 5.75 Å². The van der Waals surface area contributed by atoms with E-state index in [4.69, 9.17) is 10.5 Å². The van der Waals surface area contributed by atoms with Gasteiger partial charge in [0.2, 0.25) is 0 Å². The Kier molecular flexibility index (Phi) is 3.89. The van der Waals surface area contributed by atoms with Gasteiger partial charge in [-0.2, -0.15) is 0 Å². The Balaban J connectivity index is 2.17. The molecule has 0 heterocycles. The molecule has 18 heavy (non-hydrogen) atoms. The van der Waals surface area contributed by atoms with E-state index in [9.17, 15) is 8.78 Å².